The molecule has 1 aliphatic heterocycles. The molecule has 1 aromatic heterocycles. The van der Waals surface area contributed by atoms with Crippen LogP contribution in [0.15, 0.2) is 17.3 Å². The van der Waals surface area contributed by atoms with E-state index < -0.39 is 10.0 Å². The summed E-state index contributed by atoms with van der Waals surface area (Å²) in [5.41, 5.74) is 0. The third kappa shape index (κ3) is 1.97. The Labute approximate surface area is 108 Å². The van der Waals surface area contributed by atoms with E-state index in [1.165, 1.54) is 25.5 Å². The average Bonchev–Trinajstić information content (AvgIpc) is 2.92. The summed E-state index contributed by atoms with van der Waals surface area (Å²) in [7, 11) is -3.37. The molecular formula is C12H19N3O2S. The van der Waals surface area contributed by atoms with Gasteiger partial charge in [-0.2, -0.15) is 9.40 Å². The number of rotatable bonds is 2. The zero-order chi connectivity index (χ0) is 12.6. The first-order chi connectivity index (χ1) is 8.69. The fourth-order valence-electron chi connectivity index (χ4n) is 3.39. The molecule has 2 fully saturated rings. The molecule has 3 rings (SSSR count). The minimum Gasteiger partial charge on any atom is -0.266 e. The number of sulfonamides is 1. The number of fused-ring (bicyclic) bond motifs is 1. The van der Waals surface area contributed by atoms with Gasteiger partial charge < -0.3 is 0 Å². The molecule has 0 spiro atoms. The van der Waals surface area contributed by atoms with Crippen LogP contribution in [-0.4, -0.2) is 35.5 Å². The van der Waals surface area contributed by atoms with Gasteiger partial charge in [0.15, 0.2) is 5.03 Å². The number of aromatic nitrogens is 2. The molecule has 1 saturated carbocycles. The number of nitrogens with one attached hydrogen (secondary N) is 1. The van der Waals surface area contributed by atoms with Crippen molar-refractivity contribution in [3.63, 3.8) is 0 Å². The van der Waals surface area contributed by atoms with Crippen molar-refractivity contribution in [2.24, 2.45) is 5.92 Å². The Morgan fingerprint density at radius 2 is 2.00 bits per heavy atom. The second-order valence-electron chi connectivity index (χ2n) is 5.29. The normalized spacial score (nSPS) is 30.0. The summed E-state index contributed by atoms with van der Waals surface area (Å²) in [5.74, 6) is 0.560. The van der Waals surface area contributed by atoms with Gasteiger partial charge in [-0.15, -0.1) is 0 Å². The van der Waals surface area contributed by atoms with Gasteiger partial charge in [-0.25, -0.2) is 8.42 Å². The molecule has 0 bridgehead atoms. The molecule has 0 aromatic carbocycles. The van der Waals surface area contributed by atoms with Crippen LogP contribution in [0.1, 0.15) is 38.5 Å². The Morgan fingerprint density at radius 1 is 1.22 bits per heavy atom. The molecule has 1 aromatic rings. The maximum absolute atomic E-state index is 12.6. The molecule has 18 heavy (non-hydrogen) atoms. The number of hydrogen-bond donors (Lipinski definition) is 1. The van der Waals surface area contributed by atoms with E-state index in [1.54, 1.807) is 10.4 Å². The van der Waals surface area contributed by atoms with Crippen molar-refractivity contribution in [2.75, 3.05) is 6.54 Å². The van der Waals surface area contributed by atoms with E-state index in [-0.39, 0.29) is 11.1 Å². The summed E-state index contributed by atoms with van der Waals surface area (Å²) in [6.45, 7) is 0.655. The van der Waals surface area contributed by atoms with Crippen LogP contribution in [0.25, 0.3) is 0 Å². The van der Waals surface area contributed by atoms with Crippen molar-refractivity contribution in [1.29, 1.82) is 0 Å². The second kappa shape index (κ2) is 4.66. The van der Waals surface area contributed by atoms with Gasteiger partial charge >= 0.3 is 0 Å². The fourth-order valence-corrected chi connectivity index (χ4v) is 5.05. The third-order valence-corrected chi connectivity index (χ3v) is 6.11. The number of nitrogens with zero attached hydrogens (tertiary/aromatic N) is 2. The number of piperidine rings is 1. The Bertz CT molecular complexity index is 495. The van der Waals surface area contributed by atoms with E-state index in [1.807, 2.05) is 0 Å². The minimum absolute atomic E-state index is 0.209. The van der Waals surface area contributed by atoms with Gasteiger partial charge in [0.05, 0.1) is 6.20 Å². The molecule has 0 amide bonds. The Morgan fingerprint density at radius 3 is 2.78 bits per heavy atom. The largest absolute Gasteiger partial charge is 0.266 e. The predicted molar refractivity (Wildman–Crippen MR) is 67.5 cm³/mol. The molecule has 6 heteroatoms. The Kier molecular flexibility index (Phi) is 3.15. The van der Waals surface area contributed by atoms with Crippen molar-refractivity contribution >= 4 is 10.0 Å². The second-order valence-corrected chi connectivity index (χ2v) is 7.15. The summed E-state index contributed by atoms with van der Waals surface area (Å²) in [4.78, 5) is 0. The molecule has 2 heterocycles. The van der Waals surface area contributed by atoms with Gasteiger partial charge in [-0.1, -0.05) is 12.8 Å². The third-order valence-electron chi connectivity index (χ3n) is 4.25. The molecule has 2 atom stereocenters. The zero-order valence-electron chi connectivity index (χ0n) is 10.4. The summed E-state index contributed by atoms with van der Waals surface area (Å²) in [5, 5.41) is 6.58. The molecule has 100 valence electrons. The zero-order valence-corrected chi connectivity index (χ0v) is 11.2. The van der Waals surface area contributed by atoms with Gasteiger partial charge in [0.25, 0.3) is 10.0 Å². The van der Waals surface area contributed by atoms with Crippen LogP contribution in [0.2, 0.25) is 0 Å². The number of hydrogen-bond acceptors (Lipinski definition) is 3. The van der Waals surface area contributed by atoms with Crippen LogP contribution in [0, 0.1) is 5.92 Å². The van der Waals surface area contributed by atoms with Gasteiger partial charge in [-0.05, 0) is 37.7 Å². The van der Waals surface area contributed by atoms with Gasteiger partial charge in [0.2, 0.25) is 0 Å². The van der Waals surface area contributed by atoms with E-state index in [4.69, 9.17) is 0 Å². The van der Waals surface area contributed by atoms with Crippen LogP contribution in [-0.2, 0) is 10.0 Å². The summed E-state index contributed by atoms with van der Waals surface area (Å²) >= 11 is 0. The topological polar surface area (TPSA) is 66.1 Å². The van der Waals surface area contributed by atoms with Gasteiger partial charge in [0, 0.05) is 12.6 Å². The van der Waals surface area contributed by atoms with E-state index in [9.17, 15) is 8.42 Å². The molecule has 2 unspecified atom stereocenters. The maximum Gasteiger partial charge on any atom is 0.260 e. The monoisotopic (exact) mass is 269 g/mol. The molecule has 1 N–H and O–H groups in total. The minimum atomic E-state index is -3.37. The van der Waals surface area contributed by atoms with E-state index >= 15 is 0 Å². The quantitative estimate of drug-likeness (QED) is 0.889. The Balaban J connectivity index is 1.90. The average molecular weight is 269 g/mol. The van der Waals surface area contributed by atoms with Crippen LogP contribution >= 0.6 is 0 Å². The summed E-state index contributed by atoms with van der Waals surface area (Å²) in [6.07, 6.45) is 8.25. The van der Waals surface area contributed by atoms with Crippen LogP contribution in [0.5, 0.6) is 0 Å². The first-order valence-corrected chi connectivity index (χ1v) is 8.15. The first-order valence-electron chi connectivity index (χ1n) is 6.71. The van der Waals surface area contributed by atoms with Crippen molar-refractivity contribution < 1.29 is 8.42 Å². The lowest BCUT2D eigenvalue weighted by molar-refractivity contribution is 0.129. The van der Waals surface area contributed by atoms with Crippen LogP contribution in [0.3, 0.4) is 0 Å². The van der Waals surface area contributed by atoms with Crippen molar-refractivity contribution in [2.45, 2.75) is 49.6 Å². The van der Waals surface area contributed by atoms with Crippen molar-refractivity contribution in [3.8, 4) is 0 Å². The smallest absolute Gasteiger partial charge is 0.260 e. The van der Waals surface area contributed by atoms with Crippen LogP contribution in [0.4, 0.5) is 0 Å². The van der Waals surface area contributed by atoms with E-state index in [2.05, 4.69) is 10.2 Å². The van der Waals surface area contributed by atoms with E-state index in [0.29, 0.717) is 12.5 Å². The van der Waals surface area contributed by atoms with E-state index in [0.717, 1.165) is 19.3 Å². The predicted octanol–water partition coefficient (Wildman–Crippen LogP) is 1.75. The van der Waals surface area contributed by atoms with Crippen molar-refractivity contribution in [1.82, 2.24) is 14.5 Å². The highest BCUT2D eigenvalue weighted by atomic mass is 32.2. The molecule has 2 aliphatic rings. The SMILES string of the molecule is O=S(=O)(c1ccn[nH]1)N1CCCC2CCCCC21. The fraction of sp³-hybridized carbons (Fsp3) is 0.750. The highest BCUT2D eigenvalue weighted by Crippen LogP contribution is 2.37. The van der Waals surface area contributed by atoms with Gasteiger partial charge in [-0.3, -0.25) is 5.10 Å². The lowest BCUT2D eigenvalue weighted by atomic mass is 9.79. The summed E-state index contributed by atoms with van der Waals surface area (Å²) in [6, 6.07) is 1.75. The molecule has 0 radical (unpaired) electrons. The standard InChI is InChI=1S/C12H19N3O2S/c16-18(17,12-7-8-13-14-12)15-9-3-5-10-4-1-2-6-11(10)15/h7-8,10-11H,1-6,9H2,(H,13,14). The lowest BCUT2D eigenvalue weighted by Crippen LogP contribution is -2.49. The summed E-state index contributed by atoms with van der Waals surface area (Å²) < 4.78 is 26.8. The van der Waals surface area contributed by atoms with Crippen molar-refractivity contribution in [3.05, 3.63) is 12.3 Å². The number of H-pyrrole nitrogens is 1. The molecule has 1 aliphatic carbocycles. The molecule has 5 nitrogen and oxygen atoms in total. The lowest BCUT2D eigenvalue weighted by Gasteiger charge is -2.42. The van der Waals surface area contributed by atoms with Gasteiger partial charge in [0.1, 0.15) is 0 Å². The highest BCUT2D eigenvalue weighted by Gasteiger charge is 2.40. The highest BCUT2D eigenvalue weighted by molar-refractivity contribution is 7.89. The molecular weight excluding hydrogens is 250 g/mol. The maximum atomic E-state index is 12.6. The Hall–Kier alpha value is -0.880. The van der Waals surface area contributed by atoms with Crippen LogP contribution < -0.4 is 0 Å². The number of aromatic amines is 1. The molecule has 1 saturated heterocycles. The first kappa shape index (κ1) is 12.2.